The summed E-state index contributed by atoms with van der Waals surface area (Å²) in [7, 11) is 0. The summed E-state index contributed by atoms with van der Waals surface area (Å²) < 4.78 is 5.91. The molecule has 116 valence electrons. The number of hydrogen-bond acceptors (Lipinski definition) is 4. The van der Waals surface area contributed by atoms with Gasteiger partial charge in [-0.3, -0.25) is 15.1 Å². The Kier molecular flexibility index (Phi) is 3.93. The predicted molar refractivity (Wildman–Crippen MR) is 88.6 cm³/mol. The molecule has 0 bridgehead atoms. The molecule has 1 heterocycles. The van der Waals surface area contributed by atoms with Gasteiger partial charge in [0.25, 0.3) is 5.69 Å². The SMILES string of the molecule is Cc1ccc2c(C(C)Oc3ccccc3)nccc2c1[N+](=O)[O-]. The minimum Gasteiger partial charge on any atom is -0.484 e. The highest BCUT2D eigenvalue weighted by molar-refractivity contribution is 5.93. The summed E-state index contributed by atoms with van der Waals surface area (Å²) in [5.74, 6) is 0.736. The van der Waals surface area contributed by atoms with E-state index < -0.39 is 0 Å². The van der Waals surface area contributed by atoms with Crippen molar-refractivity contribution in [3.05, 3.63) is 76.1 Å². The van der Waals surface area contributed by atoms with Gasteiger partial charge in [-0.1, -0.05) is 30.3 Å². The Morgan fingerprint density at radius 2 is 1.83 bits per heavy atom. The summed E-state index contributed by atoms with van der Waals surface area (Å²) in [4.78, 5) is 15.4. The molecule has 0 amide bonds. The zero-order chi connectivity index (χ0) is 16.4. The standard InChI is InChI=1S/C18H16N2O3/c1-12-8-9-15-16(18(12)20(21)22)10-11-19-17(15)13(2)23-14-6-4-3-5-7-14/h3-11,13H,1-2H3. The van der Waals surface area contributed by atoms with Crippen molar-refractivity contribution in [3.63, 3.8) is 0 Å². The summed E-state index contributed by atoms with van der Waals surface area (Å²) in [6, 6.07) is 14.7. The molecule has 5 heteroatoms. The highest BCUT2D eigenvalue weighted by Gasteiger charge is 2.20. The normalized spacial score (nSPS) is 12.1. The molecule has 3 rings (SSSR count). The van der Waals surface area contributed by atoms with Gasteiger partial charge in [0, 0.05) is 17.1 Å². The summed E-state index contributed by atoms with van der Waals surface area (Å²) in [6.45, 7) is 3.63. The van der Waals surface area contributed by atoms with Crippen LogP contribution in [0.1, 0.15) is 24.3 Å². The minimum absolute atomic E-state index is 0.123. The first-order chi connectivity index (χ1) is 11.1. The topological polar surface area (TPSA) is 65.3 Å². The molecule has 2 aromatic carbocycles. The average molecular weight is 308 g/mol. The molecular formula is C18H16N2O3. The number of pyridine rings is 1. The number of ether oxygens (including phenoxy) is 1. The van der Waals surface area contributed by atoms with Crippen LogP contribution in [-0.4, -0.2) is 9.91 Å². The van der Waals surface area contributed by atoms with E-state index in [0.29, 0.717) is 16.6 Å². The van der Waals surface area contributed by atoms with Crippen molar-refractivity contribution in [2.24, 2.45) is 0 Å². The third kappa shape index (κ3) is 2.85. The molecule has 3 aromatic rings. The van der Waals surface area contributed by atoms with Crippen LogP contribution in [0.15, 0.2) is 54.7 Å². The molecule has 1 unspecified atom stereocenters. The molecule has 0 N–H and O–H groups in total. The molecule has 1 aromatic heterocycles. The number of nitro groups is 1. The van der Waals surface area contributed by atoms with Crippen molar-refractivity contribution in [2.45, 2.75) is 20.0 Å². The number of benzene rings is 2. The zero-order valence-corrected chi connectivity index (χ0v) is 12.9. The number of nitrogens with zero attached hydrogens (tertiary/aromatic N) is 2. The van der Waals surface area contributed by atoms with E-state index in [1.54, 1.807) is 25.3 Å². The van der Waals surface area contributed by atoms with Crippen molar-refractivity contribution in [1.82, 2.24) is 4.98 Å². The first-order valence-corrected chi connectivity index (χ1v) is 7.32. The second-order valence-electron chi connectivity index (χ2n) is 5.35. The van der Waals surface area contributed by atoms with Crippen molar-refractivity contribution < 1.29 is 9.66 Å². The third-order valence-corrected chi connectivity index (χ3v) is 3.77. The van der Waals surface area contributed by atoms with Crippen LogP contribution >= 0.6 is 0 Å². The maximum atomic E-state index is 11.4. The average Bonchev–Trinajstić information content (AvgIpc) is 2.54. The lowest BCUT2D eigenvalue weighted by Gasteiger charge is -2.16. The number of aryl methyl sites for hydroxylation is 1. The Balaban J connectivity index is 2.08. The lowest BCUT2D eigenvalue weighted by Crippen LogP contribution is -2.06. The zero-order valence-electron chi connectivity index (χ0n) is 12.9. The summed E-state index contributed by atoms with van der Waals surface area (Å²) in [6.07, 6.45) is 1.28. The van der Waals surface area contributed by atoms with E-state index in [-0.39, 0.29) is 16.7 Å². The monoisotopic (exact) mass is 308 g/mol. The van der Waals surface area contributed by atoms with Crippen LogP contribution in [0.2, 0.25) is 0 Å². The molecule has 0 aliphatic carbocycles. The van der Waals surface area contributed by atoms with Gasteiger partial charge in [-0.05, 0) is 32.0 Å². The molecular weight excluding hydrogens is 292 g/mol. The molecule has 1 atom stereocenters. The van der Waals surface area contributed by atoms with Crippen molar-refractivity contribution in [1.29, 1.82) is 0 Å². The quantitative estimate of drug-likeness (QED) is 0.522. The number of nitro benzene ring substituents is 1. The second kappa shape index (κ2) is 6.04. The number of para-hydroxylation sites is 1. The van der Waals surface area contributed by atoms with Crippen molar-refractivity contribution >= 4 is 16.5 Å². The predicted octanol–water partition coefficient (Wildman–Crippen LogP) is 4.59. The van der Waals surface area contributed by atoms with E-state index >= 15 is 0 Å². The smallest absolute Gasteiger partial charge is 0.280 e. The van der Waals surface area contributed by atoms with E-state index in [1.807, 2.05) is 43.3 Å². The van der Waals surface area contributed by atoms with E-state index in [1.165, 1.54) is 0 Å². The van der Waals surface area contributed by atoms with Crippen LogP contribution in [0, 0.1) is 17.0 Å². The lowest BCUT2D eigenvalue weighted by molar-refractivity contribution is -0.383. The van der Waals surface area contributed by atoms with E-state index in [4.69, 9.17) is 4.74 Å². The fourth-order valence-corrected chi connectivity index (χ4v) is 2.70. The Hall–Kier alpha value is -2.95. The summed E-state index contributed by atoms with van der Waals surface area (Å²) >= 11 is 0. The largest absolute Gasteiger partial charge is 0.484 e. The molecule has 0 radical (unpaired) electrons. The van der Waals surface area contributed by atoms with Crippen LogP contribution in [0.5, 0.6) is 5.75 Å². The summed E-state index contributed by atoms with van der Waals surface area (Å²) in [5, 5.41) is 12.7. The molecule has 0 saturated carbocycles. The number of aromatic nitrogens is 1. The Bertz CT molecular complexity index is 863. The van der Waals surface area contributed by atoms with Gasteiger partial charge in [0.2, 0.25) is 0 Å². The maximum Gasteiger partial charge on any atom is 0.280 e. The Morgan fingerprint density at radius 3 is 2.52 bits per heavy atom. The van der Waals surface area contributed by atoms with E-state index in [2.05, 4.69) is 4.98 Å². The van der Waals surface area contributed by atoms with Gasteiger partial charge in [-0.15, -0.1) is 0 Å². The van der Waals surface area contributed by atoms with Gasteiger partial charge in [-0.2, -0.15) is 0 Å². The molecule has 0 fully saturated rings. The molecule has 0 spiro atoms. The van der Waals surface area contributed by atoms with Gasteiger partial charge in [-0.25, -0.2) is 0 Å². The first-order valence-electron chi connectivity index (χ1n) is 7.32. The summed E-state index contributed by atoms with van der Waals surface area (Å²) in [5.41, 5.74) is 1.45. The van der Waals surface area contributed by atoms with Gasteiger partial charge < -0.3 is 4.74 Å². The molecule has 23 heavy (non-hydrogen) atoms. The van der Waals surface area contributed by atoms with Crippen LogP contribution < -0.4 is 4.74 Å². The minimum atomic E-state index is -0.343. The molecule has 0 aliphatic rings. The fourth-order valence-electron chi connectivity index (χ4n) is 2.70. The molecule has 0 aliphatic heterocycles. The third-order valence-electron chi connectivity index (χ3n) is 3.77. The van der Waals surface area contributed by atoms with E-state index in [0.717, 1.165) is 11.1 Å². The Morgan fingerprint density at radius 1 is 1.09 bits per heavy atom. The van der Waals surface area contributed by atoms with Crippen LogP contribution in [0.4, 0.5) is 5.69 Å². The van der Waals surface area contributed by atoms with Gasteiger partial charge in [0.05, 0.1) is 16.0 Å². The van der Waals surface area contributed by atoms with Gasteiger partial charge in [0.1, 0.15) is 11.9 Å². The number of fused-ring (bicyclic) bond motifs is 1. The van der Waals surface area contributed by atoms with Crippen molar-refractivity contribution in [3.8, 4) is 5.75 Å². The fraction of sp³-hybridized carbons (Fsp3) is 0.167. The van der Waals surface area contributed by atoms with Gasteiger partial charge in [0.15, 0.2) is 0 Å². The van der Waals surface area contributed by atoms with Crippen molar-refractivity contribution in [2.75, 3.05) is 0 Å². The first kappa shape index (κ1) is 15.0. The van der Waals surface area contributed by atoms with Crippen LogP contribution in [0.25, 0.3) is 10.8 Å². The van der Waals surface area contributed by atoms with Crippen LogP contribution in [-0.2, 0) is 0 Å². The maximum absolute atomic E-state index is 11.4. The molecule has 5 nitrogen and oxygen atoms in total. The highest BCUT2D eigenvalue weighted by Crippen LogP contribution is 2.33. The Labute approximate surface area is 133 Å². The molecule has 0 saturated heterocycles. The second-order valence-corrected chi connectivity index (χ2v) is 5.35. The van der Waals surface area contributed by atoms with Gasteiger partial charge >= 0.3 is 0 Å². The highest BCUT2D eigenvalue weighted by atomic mass is 16.6. The number of hydrogen-bond donors (Lipinski definition) is 0. The lowest BCUT2D eigenvalue weighted by atomic mass is 10.0. The van der Waals surface area contributed by atoms with E-state index in [9.17, 15) is 10.1 Å². The van der Waals surface area contributed by atoms with Crippen LogP contribution in [0.3, 0.4) is 0 Å². The number of rotatable bonds is 4.